The number of oxime groups is 2. The van der Waals surface area contributed by atoms with Gasteiger partial charge in [0.25, 0.3) is 5.91 Å². The van der Waals surface area contributed by atoms with Gasteiger partial charge in [-0.05, 0) is 43.5 Å². The van der Waals surface area contributed by atoms with Gasteiger partial charge in [0.1, 0.15) is 13.7 Å². The lowest BCUT2D eigenvalue weighted by Crippen LogP contribution is -2.29. The number of carbonyl (C=O) groups is 1. The van der Waals surface area contributed by atoms with Gasteiger partial charge in [-0.3, -0.25) is 4.79 Å². The predicted molar refractivity (Wildman–Crippen MR) is 112 cm³/mol. The second-order valence-electron chi connectivity index (χ2n) is 6.78. The number of carbonyl (C=O) groups excluding carboxylic acids is 1. The van der Waals surface area contributed by atoms with Crippen LogP contribution in [0.15, 0.2) is 46.7 Å². The molecule has 9 heteroatoms. The lowest BCUT2D eigenvalue weighted by atomic mass is 9.98. The molecule has 2 aromatic carbocycles. The molecule has 0 heterocycles. The van der Waals surface area contributed by atoms with E-state index < -0.39 is 17.6 Å². The number of nitrogens with zero attached hydrogens (tertiary/aromatic N) is 2. The van der Waals surface area contributed by atoms with Gasteiger partial charge >= 0.3 is 6.18 Å². The topological polar surface area (TPSA) is 72.3 Å². The van der Waals surface area contributed by atoms with Crippen molar-refractivity contribution in [2.24, 2.45) is 10.3 Å². The van der Waals surface area contributed by atoms with E-state index in [0.29, 0.717) is 16.7 Å². The van der Waals surface area contributed by atoms with Crippen LogP contribution in [-0.4, -0.2) is 31.5 Å². The summed E-state index contributed by atoms with van der Waals surface area (Å²) in [7, 11) is 2.81. The van der Waals surface area contributed by atoms with Crippen LogP contribution in [0.4, 0.5) is 13.2 Å². The third-order valence-corrected chi connectivity index (χ3v) is 4.66. The molecule has 0 aliphatic rings. The van der Waals surface area contributed by atoms with Gasteiger partial charge in [-0.1, -0.05) is 40.6 Å². The number of hydrogen-bond donors (Lipinski definition) is 1. The lowest BCUT2D eigenvalue weighted by molar-refractivity contribution is -0.138. The van der Waals surface area contributed by atoms with E-state index in [9.17, 15) is 18.0 Å². The molecule has 0 radical (unpaired) electrons. The molecular formula is C22H24F3N3O3. The molecule has 31 heavy (non-hydrogen) atoms. The fourth-order valence-electron chi connectivity index (χ4n) is 2.94. The van der Waals surface area contributed by atoms with Crippen LogP contribution in [0.2, 0.25) is 0 Å². The maximum absolute atomic E-state index is 13.2. The van der Waals surface area contributed by atoms with Crippen molar-refractivity contribution in [3.05, 3.63) is 69.8 Å². The van der Waals surface area contributed by atoms with Gasteiger partial charge in [-0.15, -0.1) is 0 Å². The van der Waals surface area contributed by atoms with Crippen molar-refractivity contribution in [1.82, 2.24) is 5.32 Å². The number of halogens is 3. The molecule has 166 valence electrons. The Balaban J connectivity index is 2.31. The van der Waals surface area contributed by atoms with E-state index in [2.05, 4.69) is 15.6 Å². The highest BCUT2D eigenvalue weighted by Crippen LogP contribution is 2.32. The molecule has 2 rings (SSSR count). The second-order valence-corrected chi connectivity index (χ2v) is 6.78. The van der Waals surface area contributed by atoms with Crippen molar-refractivity contribution in [2.45, 2.75) is 33.6 Å². The minimum Gasteiger partial charge on any atom is -0.398 e. The van der Waals surface area contributed by atoms with Crippen LogP contribution < -0.4 is 5.32 Å². The number of aryl methyl sites for hydroxylation is 2. The minimum atomic E-state index is -4.45. The summed E-state index contributed by atoms with van der Waals surface area (Å²) in [6.07, 6.45) is -4.45. The average Bonchev–Trinajstić information content (AvgIpc) is 2.72. The Hall–Kier alpha value is -3.36. The summed E-state index contributed by atoms with van der Waals surface area (Å²) in [6.45, 7) is 4.78. The molecule has 2 aromatic rings. The zero-order chi connectivity index (χ0) is 23.2. The van der Waals surface area contributed by atoms with Crippen molar-refractivity contribution in [1.29, 1.82) is 0 Å². The summed E-state index contributed by atoms with van der Waals surface area (Å²) in [5.41, 5.74) is 2.06. The second kappa shape index (κ2) is 10.1. The van der Waals surface area contributed by atoms with Crippen molar-refractivity contribution in [3.8, 4) is 0 Å². The van der Waals surface area contributed by atoms with Crippen LogP contribution in [0.3, 0.4) is 0 Å². The zero-order valence-corrected chi connectivity index (χ0v) is 17.9. The first-order valence-electron chi connectivity index (χ1n) is 9.37. The van der Waals surface area contributed by atoms with Gasteiger partial charge < -0.3 is 15.0 Å². The summed E-state index contributed by atoms with van der Waals surface area (Å²) in [6, 6.07) is 9.30. The summed E-state index contributed by atoms with van der Waals surface area (Å²) in [4.78, 5) is 22.4. The molecule has 6 nitrogen and oxygen atoms in total. The molecule has 0 bridgehead atoms. The van der Waals surface area contributed by atoms with Crippen molar-refractivity contribution < 1.29 is 27.6 Å². The zero-order valence-electron chi connectivity index (χ0n) is 17.9. The number of likely N-dealkylation sites (N-methyl/N-ethyl adjacent to an activating group) is 1. The molecule has 0 aromatic heterocycles. The SMILES string of the molecule is CNC(=O)/C(=N/OC)c1cccc(C)c1CO/N=C(\C)c1ccc(C)c(C(F)(F)F)c1. The number of amides is 1. The monoisotopic (exact) mass is 435 g/mol. The smallest absolute Gasteiger partial charge is 0.398 e. The first kappa shape index (κ1) is 23.9. The van der Waals surface area contributed by atoms with Crippen LogP contribution in [0.5, 0.6) is 0 Å². The summed E-state index contributed by atoms with van der Waals surface area (Å²) < 4.78 is 39.5. The van der Waals surface area contributed by atoms with E-state index >= 15 is 0 Å². The largest absolute Gasteiger partial charge is 0.416 e. The van der Waals surface area contributed by atoms with Gasteiger partial charge in [0, 0.05) is 18.2 Å². The molecule has 0 aliphatic heterocycles. The summed E-state index contributed by atoms with van der Waals surface area (Å²) >= 11 is 0. The maximum atomic E-state index is 13.2. The first-order chi connectivity index (χ1) is 14.6. The van der Waals surface area contributed by atoms with E-state index in [1.165, 1.54) is 27.1 Å². The van der Waals surface area contributed by atoms with E-state index in [1.807, 2.05) is 13.0 Å². The number of alkyl halides is 3. The molecule has 0 aliphatic carbocycles. The summed E-state index contributed by atoms with van der Waals surface area (Å²) in [5, 5.41) is 10.3. The molecular weight excluding hydrogens is 411 g/mol. The summed E-state index contributed by atoms with van der Waals surface area (Å²) in [5.74, 6) is -0.437. The van der Waals surface area contributed by atoms with E-state index in [0.717, 1.165) is 11.6 Å². The molecule has 0 spiro atoms. The minimum absolute atomic E-state index is 0.0168. The Morgan fingerprint density at radius 1 is 1.10 bits per heavy atom. The van der Waals surface area contributed by atoms with Crippen LogP contribution in [-0.2, 0) is 27.3 Å². The Kier molecular flexibility index (Phi) is 7.79. The molecule has 0 unspecified atom stereocenters. The number of hydrogen-bond acceptors (Lipinski definition) is 5. The van der Waals surface area contributed by atoms with E-state index in [-0.39, 0.29) is 23.6 Å². The molecule has 0 saturated heterocycles. The van der Waals surface area contributed by atoms with Gasteiger partial charge in [0.15, 0.2) is 5.71 Å². The third kappa shape index (κ3) is 5.84. The van der Waals surface area contributed by atoms with Gasteiger partial charge in [-0.25, -0.2) is 0 Å². The Morgan fingerprint density at radius 3 is 2.42 bits per heavy atom. The normalized spacial score (nSPS) is 12.5. The predicted octanol–water partition coefficient (Wildman–Crippen LogP) is 4.36. The lowest BCUT2D eigenvalue weighted by Gasteiger charge is -2.13. The van der Waals surface area contributed by atoms with Crippen LogP contribution in [0.1, 0.15) is 40.3 Å². The highest BCUT2D eigenvalue weighted by molar-refractivity contribution is 6.45. The highest BCUT2D eigenvalue weighted by Gasteiger charge is 2.32. The van der Waals surface area contributed by atoms with Crippen LogP contribution >= 0.6 is 0 Å². The Bertz CT molecular complexity index is 1010. The van der Waals surface area contributed by atoms with E-state index in [4.69, 9.17) is 9.68 Å². The van der Waals surface area contributed by atoms with Gasteiger partial charge in [-0.2, -0.15) is 13.2 Å². The average molecular weight is 435 g/mol. The van der Waals surface area contributed by atoms with Crippen molar-refractivity contribution >= 4 is 17.3 Å². The Labute approximate surface area is 178 Å². The standard InChI is InChI=1S/C22H24F3N3O3/c1-13-7-6-8-17(20(28-30-5)21(29)26-4)18(13)12-31-27-15(3)16-10-9-14(2)19(11-16)22(23,24)25/h6-11H,12H2,1-5H3,(H,26,29)/b27-15+,28-20+. The Morgan fingerprint density at radius 2 is 1.81 bits per heavy atom. The first-order valence-corrected chi connectivity index (χ1v) is 9.37. The van der Waals surface area contributed by atoms with Crippen LogP contribution in [0.25, 0.3) is 0 Å². The van der Waals surface area contributed by atoms with Gasteiger partial charge in [0.05, 0.1) is 11.3 Å². The maximum Gasteiger partial charge on any atom is 0.416 e. The molecule has 0 fully saturated rings. The fourth-order valence-corrected chi connectivity index (χ4v) is 2.94. The van der Waals surface area contributed by atoms with Crippen LogP contribution in [0, 0.1) is 13.8 Å². The quantitative estimate of drug-likeness (QED) is 0.519. The highest BCUT2D eigenvalue weighted by atomic mass is 19.4. The van der Waals surface area contributed by atoms with Gasteiger partial charge in [0.2, 0.25) is 0 Å². The van der Waals surface area contributed by atoms with E-state index in [1.54, 1.807) is 25.1 Å². The number of nitrogens with one attached hydrogen (secondary N) is 1. The molecule has 1 N–H and O–H groups in total. The molecule has 1 amide bonds. The molecule has 0 saturated carbocycles. The van der Waals surface area contributed by atoms with Crippen molar-refractivity contribution in [2.75, 3.05) is 14.2 Å². The third-order valence-electron chi connectivity index (χ3n) is 4.66. The number of rotatable bonds is 7. The molecule has 0 atom stereocenters. The van der Waals surface area contributed by atoms with Crippen molar-refractivity contribution in [3.63, 3.8) is 0 Å². The number of benzene rings is 2. The fraction of sp³-hybridized carbons (Fsp3) is 0.318.